The number of rotatable bonds is 3. The van der Waals surface area contributed by atoms with Crippen molar-refractivity contribution in [3.05, 3.63) is 29.6 Å². The Labute approximate surface area is 96.3 Å². The van der Waals surface area contributed by atoms with Gasteiger partial charge in [0.15, 0.2) is 0 Å². The lowest BCUT2D eigenvalue weighted by Crippen LogP contribution is -2.39. The SMILES string of the molecule is O[C@H](CNP)[C@@H]1CCc2cc(F)ccc2O1. The molecule has 0 radical (unpaired) electrons. The predicted molar refractivity (Wildman–Crippen MR) is 62.9 cm³/mol. The smallest absolute Gasteiger partial charge is 0.126 e. The molecule has 0 fully saturated rings. The number of hydrogen-bond acceptors (Lipinski definition) is 3. The molecule has 0 aliphatic carbocycles. The Balaban J connectivity index is 2.09. The van der Waals surface area contributed by atoms with Crippen molar-refractivity contribution in [1.29, 1.82) is 0 Å². The summed E-state index contributed by atoms with van der Waals surface area (Å²) < 4.78 is 18.6. The van der Waals surface area contributed by atoms with Gasteiger partial charge in [0.1, 0.15) is 23.8 Å². The van der Waals surface area contributed by atoms with Gasteiger partial charge in [-0.05, 0) is 36.6 Å². The van der Waals surface area contributed by atoms with Crippen LogP contribution in [0.1, 0.15) is 12.0 Å². The highest BCUT2D eigenvalue weighted by molar-refractivity contribution is 7.13. The molecule has 88 valence electrons. The molecular weight excluding hydrogens is 228 g/mol. The minimum Gasteiger partial charge on any atom is -0.487 e. The fourth-order valence-electron chi connectivity index (χ4n) is 1.90. The zero-order valence-corrected chi connectivity index (χ0v) is 9.97. The molecule has 1 unspecified atom stereocenters. The van der Waals surface area contributed by atoms with Crippen LogP contribution in [-0.4, -0.2) is 23.9 Å². The van der Waals surface area contributed by atoms with Crippen LogP contribution in [0.5, 0.6) is 5.75 Å². The highest BCUT2D eigenvalue weighted by atomic mass is 31.0. The third-order valence-electron chi connectivity index (χ3n) is 2.76. The van der Waals surface area contributed by atoms with E-state index in [0.717, 1.165) is 12.0 Å². The van der Waals surface area contributed by atoms with Crippen molar-refractivity contribution >= 4 is 9.39 Å². The molecule has 5 heteroatoms. The number of nitrogens with one attached hydrogen (secondary N) is 1. The first-order chi connectivity index (χ1) is 7.70. The van der Waals surface area contributed by atoms with E-state index in [4.69, 9.17) is 4.74 Å². The average molecular weight is 243 g/mol. The monoisotopic (exact) mass is 243 g/mol. The molecule has 0 bridgehead atoms. The Hall–Kier alpha value is -0.700. The van der Waals surface area contributed by atoms with Gasteiger partial charge in [-0.2, -0.15) is 0 Å². The van der Waals surface area contributed by atoms with E-state index in [1.165, 1.54) is 12.1 Å². The summed E-state index contributed by atoms with van der Waals surface area (Å²) >= 11 is 0. The second-order valence-electron chi connectivity index (χ2n) is 3.92. The molecule has 1 aromatic rings. The first-order valence-corrected chi connectivity index (χ1v) is 5.85. The van der Waals surface area contributed by atoms with Crippen LogP contribution in [0.15, 0.2) is 18.2 Å². The number of hydrogen-bond donors (Lipinski definition) is 2. The van der Waals surface area contributed by atoms with Crippen molar-refractivity contribution in [1.82, 2.24) is 5.09 Å². The van der Waals surface area contributed by atoms with Gasteiger partial charge in [-0.1, -0.05) is 9.39 Å². The molecule has 2 N–H and O–H groups in total. The minimum atomic E-state index is -0.546. The number of aryl methyl sites for hydroxylation is 1. The Morgan fingerprint density at radius 3 is 3.19 bits per heavy atom. The molecule has 3 nitrogen and oxygen atoms in total. The zero-order valence-electron chi connectivity index (χ0n) is 8.82. The van der Waals surface area contributed by atoms with Gasteiger partial charge in [0.25, 0.3) is 0 Å². The number of halogens is 1. The maximum Gasteiger partial charge on any atom is 0.126 e. The number of ether oxygens (including phenoxy) is 1. The van der Waals surface area contributed by atoms with E-state index >= 15 is 0 Å². The fraction of sp³-hybridized carbons (Fsp3) is 0.455. The fourth-order valence-corrected chi connectivity index (χ4v) is 2.14. The standard InChI is InChI=1S/C11H15FNO2P/c12-8-2-4-10-7(5-8)1-3-11(15-10)9(14)6-13-16/h2,4-5,9,11,13-14H,1,3,6,16H2/t9-,11+/m1/s1. The third kappa shape index (κ3) is 2.51. The van der Waals surface area contributed by atoms with Crippen molar-refractivity contribution in [3.63, 3.8) is 0 Å². The van der Waals surface area contributed by atoms with Gasteiger partial charge >= 0.3 is 0 Å². The first-order valence-electron chi connectivity index (χ1n) is 5.27. The quantitative estimate of drug-likeness (QED) is 0.785. The van der Waals surface area contributed by atoms with Gasteiger partial charge in [-0.15, -0.1) is 0 Å². The molecule has 2 rings (SSSR count). The molecular formula is C11H15FNO2P. The van der Waals surface area contributed by atoms with E-state index in [1.54, 1.807) is 6.07 Å². The van der Waals surface area contributed by atoms with E-state index < -0.39 is 6.10 Å². The van der Waals surface area contributed by atoms with Gasteiger partial charge in [0.2, 0.25) is 0 Å². The topological polar surface area (TPSA) is 41.5 Å². The van der Waals surface area contributed by atoms with Crippen LogP contribution in [0, 0.1) is 5.82 Å². The van der Waals surface area contributed by atoms with Crippen molar-refractivity contribution in [2.75, 3.05) is 6.54 Å². The summed E-state index contributed by atoms with van der Waals surface area (Å²) in [4.78, 5) is 0. The normalized spacial score (nSPS) is 21.1. The van der Waals surface area contributed by atoms with Crippen molar-refractivity contribution < 1.29 is 14.2 Å². The Morgan fingerprint density at radius 1 is 1.62 bits per heavy atom. The summed E-state index contributed by atoms with van der Waals surface area (Å²) in [5.41, 5.74) is 0.877. The van der Waals surface area contributed by atoms with Crippen LogP contribution in [0.4, 0.5) is 4.39 Å². The van der Waals surface area contributed by atoms with Crippen molar-refractivity contribution in [3.8, 4) is 5.75 Å². The largest absolute Gasteiger partial charge is 0.487 e. The second-order valence-corrected chi connectivity index (χ2v) is 4.33. The molecule has 16 heavy (non-hydrogen) atoms. The number of fused-ring (bicyclic) bond motifs is 1. The van der Waals surface area contributed by atoms with Gasteiger partial charge in [-0.25, -0.2) is 4.39 Å². The lowest BCUT2D eigenvalue weighted by atomic mass is 9.99. The highest BCUT2D eigenvalue weighted by Crippen LogP contribution is 2.29. The molecule has 0 amide bonds. The Morgan fingerprint density at radius 2 is 2.44 bits per heavy atom. The van der Waals surface area contributed by atoms with Gasteiger partial charge in [0.05, 0.1) is 0 Å². The number of aliphatic hydroxyl groups is 1. The lowest BCUT2D eigenvalue weighted by molar-refractivity contribution is 0.0278. The van der Waals surface area contributed by atoms with Crippen LogP contribution < -0.4 is 9.82 Å². The first kappa shape index (κ1) is 11.8. The van der Waals surface area contributed by atoms with Gasteiger partial charge in [-0.3, -0.25) is 5.09 Å². The molecule has 1 aliphatic rings. The van der Waals surface area contributed by atoms with Crippen LogP contribution in [0.2, 0.25) is 0 Å². The van der Waals surface area contributed by atoms with Gasteiger partial charge < -0.3 is 9.84 Å². The summed E-state index contributed by atoms with van der Waals surface area (Å²) in [6.07, 6.45) is 0.692. The summed E-state index contributed by atoms with van der Waals surface area (Å²) in [6, 6.07) is 4.49. The van der Waals surface area contributed by atoms with E-state index in [0.29, 0.717) is 18.7 Å². The molecule has 1 aromatic carbocycles. The Bertz CT molecular complexity index is 375. The molecule has 0 saturated carbocycles. The highest BCUT2D eigenvalue weighted by Gasteiger charge is 2.25. The summed E-state index contributed by atoms with van der Waals surface area (Å²) in [7, 11) is 2.35. The number of aliphatic hydroxyl groups excluding tert-OH is 1. The maximum absolute atomic E-state index is 13.0. The van der Waals surface area contributed by atoms with Crippen LogP contribution in [0.3, 0.4) is 0 Å². The molecule has 0 aromatic heterocycles. The summed E-state index contributed by atoms with van der Waals surface area (Å²) in [5.74, 6) is 0.438. The van der Waals surface area contributed by atoms with Crippen LogP contribution in [-0.2, 0) is 6.42 Å². The molecule has 0 spiro atoms. The summed E-state index contributed by atoms with van der Waals surface area (Å²) in [5, 5.41) is 12.6. The molecule has 1 aliphatic heterocycles. The molecule has 1 heterocycles. The molecule has 0 saturated heterocycles. The summed E-state index contributed by atoms with van der Waals surface area (Å²) in [6.45, 7) is 0.464. The van der Waals surface area contributed by atoms with Gasteiger partial charge in [0, 0.05) is 6.54 Å². The van der Waals surface area contributed by atoms with E-state index in [1.807, 2.05) is 0 Å². The van der Waals surface area contributed by atoms with Crippen molar-refractivity contribution in [2.45, 2.75) is 25.0 Å². The maximum atomic E-state index is 13.0. The minimum absolute atomic E-state index is 0.217. The second kappa shape index (κ2) is 5.09. The third-order valence-corrected chi connectivity index (χ3v) is 2.99. The molecule has 3 atom stereocenters. The zero-order chi connectivity index (χ0) is 11.5. The van der Waals surface area contributed by atoms with E-state index in [9.17, 15) is 9.50 Å². The van der Waals surface area contributed by atoms with Crippen molar-refractivity contribution in [2.24, 2.45) is 0 Å². The lowest BCUT2D eigenvalue weighted by Gasteiger charge is -2.29. The van der Waals surface area contributed by atoms with Crippen LogP contribution >= 0.6 is 9.39 Å². The predicted octanol–water partition coefficient (Wildman–Crippen LogP) is 1.26. The van der Waals surface area contributed by atoms with E-state index in [2.05, 4.69) is 14.5 Å². The Kier molecular flexibility index (Phi) is 3.74. The van der Waals surface area contributed by atoms with E-state index in [-0.39, 0.29) is 11.9 Å². The average Bonchev–Trinajstić information content (AvgIpc) is 2.28. The number of benzene rings is 1. The van der Waals surface area contributed by atoms with Crippen LogP contribution in [0.25, 0.3) is 0 Å².